The summed E-state index contributed by atoms with van der Waals surface area (Å²) in [4.78, 5) is 10.0. The minimum atomic E-state index is 0.252. The summed E-state index contributed by atoms with van der Waals surface area (Å²) in [6.07, 6.45) is 5.38. The molecule has 2 heteroatoms. The van der Waals surface area contributed by atoms with Crippen LogP contribution in [0.2, 0.25) is 0 Å². The van der Waals surface area contributed by atoms with E-state index >= 15 is 0 Å². The summed E-state index contributed by atoms with van der Waals surface area (Å²) in [7, 11) is 0. The van der Waals surface area contributed by atoms with Crippen molar-refractivity contribution in [2.75, 3.05) is 0 Å². The molecule has 0 amide bonds. The Morgan fingerprint density at radius 2 is 1.92 bits per heavy atom. The standard InChI is InChI=1S/C8H14O2.C2H6/c1-3-5-8-6-7(4-2)9-10-8;1-2/h3,7-8H,1,4-6H2,2H3;1-2H3. The van der Waals surface area contributed by atoms with Crippen LogP contribution < -0.4 is 0 Å². The van der Waals surface area contributed by atoms with Crippen LogP contribution in [0.3, 0.4) is 0 Å². The van der Waals surface area contributed by atoms with E-state index in [0.29, 0.717) is 6.10 Å². The smallest absolute Gasteiger partial charge is 0.0990 e. The van der Waals surface area contributed by atoms with E-state index in [-0.39, 0.29) is 6.10 Å². The maximum absolute atomic E-state index is 5.03. The van der Waals surface area contributed by atoms with Gasteiger partial charge in [-0.25, -0.2) is 9.78 Å². The fraction of sp³-hybridized carbons (Fsp3) is 0.800. The lowest BCUT2D eigenvalue weighted by atomic mass is 10.1. The van der Waals surface area contributed by atoms with Crippen molar-refractivity contribution in [2.24, 2.45) is 0 Å². The van der Waals surface area contributed by atoms with E-state index < -0.39 is 0 Å². The topological polar surface area (TPSA) is 18.5 Å². The Morgan fingerprint density at radius 1 is 1.33 bits per heavy atom. The predicted molar refractivity (Wildman–Crippen MR) is 50.8 cm³/mol. The molecule has 1 rings (SSSR count). The lowest BCUT2D eigenvalue weighted by molar-refractivity contribution is -0.295. The third-order valence-corrected chi connectivity index (χ3v) is 1.74. The van der Waals surface area contributed by atoms with Gasteiger partial charge in [-0.05, 0) is 12.8 Å². The van der Waals surface area contributed by atoms with Crippen molar-refractivity contribution in [1.82, 2.24) is 0 Å². The zero-order chi connectivity index (χ0) is 9.40. The van der Waals surface area contributed by atoms with Gasteiger partial charge in [0.1, 0.15) is 0 Å². The summed E-state index contributed by atoms with van der Waals surface area (Å²) in [6.45, 7) is 9.74. The molecule has 1 aliphatic rings. The number of hydrogen-bond acceptors (Lipinski definition) is 2. The SMILES string of the molecule is C=CCC1CC(CC)OO1.CC. The van der Waals surface area contributed by atoms with Crippen LogP contribution >= 0.6 is 0 Å². The van der Waals surface area contributed by atoms with E-state index in [0.717, 1.165) is 19.3 Å². The van der Waals surface area contributed by atoms with Crippen molar-refractivity contribution in [1.29, 1.82) is 0 Å². The molecule has 0 radical (unpaired) electrons. The summed E-state index contributed by atoms with van der Waals surface area (Å²) >= 11 is 0. The first kappa shape index (κ1) is 11.7. The fourth-order valence-electron chi connectivity index (χ4n) is 1.09. The van der Waals surface area contributed by atoms with Gasteiger partial charge in [-0.1, -0.05) is 26.8 Å². The van der Waals surface area contributed by atoms with Crippen molar-refractivity contribution in [3.63, 3.8) is 0 Å². The van der Waals surface area contributed by atoms with E-state index in [1.165, 1.54) is 0 Å². The zero-order valence-corrected chi connectivity index (χ0v) is 8.38. The van der Waals surface area contributed by atoms with Gasteiger partial charge in [0, 0.05) is 6.42 Å². The summed E-state index contributed by atoms with van der Waals surface area (Å²) < 4.78 is 0. The van der Waals surface area contributed by atoms with Crippen molar-refractivity contribution >= 4 is 0 Å². The highest BCUT2D eigenvalue weighted by Crippen LogP contribution is 2.21. The quantitative estimate of drug-likeness (QED) is 0.481. The van der Waals surface area contributed by atoms with Crippen LogP contribution in [0.1, 0.15) is 40.0 Å². The molecule has 1 heterocycles. The minimum absolute atomic E-state index is 0.252. The van der Waals surface area contributed by atoms with Crippen LogP contribution in [0.4, 0.5) is 0 Å². The van der Waals surface area contributed by atoms with Crippen molar-refractivity contribution in [2.45, 2.75) is 52.2 Å². The van der Waals surface area contributed by atoms with Crippen LogP contribution in [0, 0.1) is 0 Å². The van der Waals surface area contributed by atoms with Crippen LogP contribution in [-0.4, -0.2) is 12.2 Å². The highest BCUT2D eigenvalue weighted by Gasteiger charge is 2.24. The minimum Gasteiger partial charge on any atom is -0.233 e. The average molecular weight is 172 g/mol. The molecular formula is C10H20O2. The van der Waals surface area contributed by atoms with Crippen molar-refractivity contribution in [3.05, 3.63) is 12.7 Å². The average Bonchev–Trinajstić information content (AvgIpc) is 2.57. The third-order valence-electron chi connectivity index (χ3n) is 1.74. The van der Waals surface area contributed by atoms with E-state index in [4.69, 9.17) is 9.78 Å². The molecule has 0 aromatic rings. The Bertz CT molecular complexity index is 112. The van der Waals surface area contributed by atoms with Gasteiger partial charge in [0.15, 0.2) is 0 Å². The van der Waals surface area contributed by atoms with Gasteiger partial charge in [0.25, 0.3) is 0 Å². The van der Waals surface area contributed by atoms with Crippen LogP contribution in [0.5, 0.6) is 0 Å². The largest absolute Gasteiger partial charge is 0.233 e. The second-order valence-electron chi connectivity index (χ2n) is 2.60. The first-order chi connectivity index (χ1) is 5.86. The molecule has 1 fully saturated rings. The second-order valence-corrected chi connectivity index (χ2v) is 2.60. The van der Waals surface area contributed by atoms with Gasteiger partial charge < -0.3 is 0 Å². The Morgan fingerprint density at radius 3 is 2.33 bits per heavy atom. The molecule has 1 aliphatic heterocycles. The Kier molecular flexibility index (Phi) is 7.11. The molecule has 2 atom stereocenters. The molecule has 2 nitrogen and oxygen atoms in total. The highest BCUT2D eigenvalue weighted by atomic mass is 17.2. The molecule has 72 valence electrons. The maximum atomic E-state index is 5.03. The number of hydrogen-bond donors (Lipinski definition) is 0. The van der Waals surface area contributed by atoms with Crippen molar-refractivity contribution < 1.29 is 9.78 Å². The molecule has 0 N–H and O–H groups in total. The molecule has 0 spiro atoms. The number of rotatable bonds is 3. The highest BCUT2D eigenvalue weighted by molar-refractivity contribution is 4.77. The first-order valence-corrected chi connectivity index (χ1v) is 4.79. The van der Waals surface area contributed by atoms with E-state index in [1.807, 2.05) is 19.9 Å². The molecule has 1 saturated heterocycles. The van der Waals surface area contributed by atoms with E-state index in [2.05, 4.69) is 13.5 Å². The van der Waals surface area contributed by atoms with E-state index in [1.54, 1.807) is 0 Å². The Labute approximate surface area is 75.5 Å². The summed E-state index contributed by atoms with van der Waals surface area (Å²) in [5.41, 5.74) is 0. The summed E-state index contributed by atoms with van der Waals surface area (Å²) in [5, 5.41) is 0. The second kappa shape index (κ2) is 7.32. The van der Waals surface area contributed by atoms with Gasteiger partial charge in [-0.15, -0.1) is 6.58 Å². The third kappa shape index (κ3) is 3.88. The lowest BCUT2D eigenvalue weighted by Crippen LogP contribution is -2.04. The molecule has 0 bridgehead atoms. The normalized spacial score (nSPS) is 27.6. The predicted octanol–water partition coefficient (Wildman–Crippen LogP) is 3.09. The van der Waals surface area contributed by atoms with Gasteiger partial charge in [-0.3, -0.25) is 0 Å². The zero-order valence-electron chi connectivity index (χ0n) is 8.38. The maximum Gasteiger partial charge on any atom is 0.0990 e. The Hall–Kier alpha value is -0.340. The molecular weight excluding hydrogens is 152 g/mol. The molecule has 0 saturated carbocycles. The summed E-state index contributed by atoms with van der Waals surface area (Å²) in [5.74, 6) is 0. The monoisotopic (exact) mass is 172 g/mol. The van der Waals surface area contributed by atoms with Crippen molar-refractivity contribution in [3.8, 4) is 0 Å². The molecule has 0 aromatic carbocycles. The van der Waals surface area contributed by atoms with Crippen LogP contribution in [-0.2, 0) is 9.78 Å². The molecule has 2 unspecified atom stereocenters. The molecule has 0 aliphatic carbocycles. The lowest BCUT2D eigenvalue weighted by Gasteiger charge is -1.99. The fourth-order valence-corrected chi connectivity index (χ4v) is 1.09. The van der Waals surface area contributed by atoms with Crippen LogP contribution in [0.25, 0.3) is 0 Å². The van der Waals surface area contributed by atoms with Crippen LogP contribution in [0.15, 0.2) is 12.7 Å². The first-order valence-electron chi connectivity index (χ1n) is 4.79. The van der Waals surface area contributed by atoms with E-state index in [9.17, 15) is 0 Å². The Balaban J connectivity index is 0.000000561. The molecule has 12 heavy (non-hydrogen) atoms. The van der Waals surface area contributed by atoms with Gasteiger partial charge in [0.05, 0.1) is 12.2 Å². The molecule has 0 aromatic heterocycles. The van der Waals surface area contributed by atoms with Gasteiger partial charge in [0.2, 0.25) is 0 Å². The van der Waals surface area contributed by atoms with Gasteiger partial charge in [-0.2, -0.15) is 0 Å². The van der Waals surface area contributed by atoms with Gasteiger partial charge >= 0.3 is 0 Å². The summed E-state index contributed by atoms with van der Waals surface area (Å²) in [6, 6.07) is 0.